The van der Waals surface area contributed by atoms with E-state index >= 15 is 0 Å². The van der Waals surface area contributed by atoms with E-state index in [9.17, 15) is 19.1 Å². The minimum absolute atomic E-state index is 0.134. The van der Waals surface area contributed by atoms with Crippen molar-refractivity contribution in [3.8, 4) is 0 Å². The van der Waals surface area contributed by atoms with Crippen LogP contribution >= 0.6 is 0 Å². The quantitative estimate of drug-likeness (QED) is 0.891. The zero-order chi connectivity index (χ0) is 18.7. The molecule has 1 aliphatic rings. The van der Waals surface area contributed by atoms with Crippen LogP contribution < -0.4 is 0 Å². The highest BCUT2D eigenvalue weighted by molar-refractivity contribution is 5.80. The maximum atomic E-state index is 13.9. The van der Waals surface area contributed by atoms with Gasteiger partial charge >= 0.3 is 5.97 Å². The zero-order valence-corrected chi connectivity index (χ0v) is 14.6. The van der Waals surface area contributed by atoms with E-state index < -0.39 is 11.9 Å². The zero-order valence-electron chi connectivity index (χ0n) is 14.6. The second-order valence-corrected chi connectivity index (χ2v) is 6.89. The van der Waals surface area contributed by atoms with E-state index in [0.29, 0.717) is 12.1 Å². The number of carboxylic acids is 1. The molecule has 0 aliphatic carbocycles. The van der Waals surface area contributed by atoms with Gasteiger partial charge in [0, 0.05) is 25.4 Å². The fourth-order valence-corrected chi connectivity index (χ4v) is 3.67. The van der Waals surface area contributed by atoms with Crippen LogP contribution in [0.5, 0.6) is 0 Å². The first-order valence-electron chi connectivity index (χ1n) is 8.77. The number of rotatable bonds is 5. The van der Waals surface area contributed by atoms with E-state index in [4.69, 9.17) is 0 Å². The third-order valence-corrected chi connectivity index (χ3v) is 5.13. The Kier molecular flexibility index (Phi) is 5.35. The molecule has 1 N–H and O–H groups in total. The maximum absolute atomic E-state index is 13.9. The van der Waals surface area contributed by atoms with Crippen LogP contribution in [0.4, 0.5) is 4.39 Å². The van der Waals surface area contributed by atoms with Crippen molar-refractivity contribution in [3.63, 3.8) is 0 Å². The number of carbonyl (C=O) groups is 2. The second kappa shape index (κ2) is 7.68. The SMILES string of the molecule is CC(CC(=O)N1CC(C(=O)O)C(c2ccccc2)C1)c1ccccc1F. The smallest absolute Gasteiger partial charge is 0.308 e. The Hall–Kier alpha value is -2.69. The number of benzene rings is 2. The van der Waals surface area contributed by atoms with Crippen molar-refractivity contribution in [3.05, 3.63) is 71.5 Å². The van der Waals surface area contributed by atoms with Crippen LogP contribution in [0.15, 0.2) is 54.6 Å². The van der Waals surface area contributed by atoms with Crippen molar-refractivity contribution in [1.82, 2.24) is 4.90 Å². The van der Waals surface area contributed by atoms with Gasteiger partial charge in [0.1, 0.15) is 5.82 Å². The van der Waals surface area contributed by atoms with E-state index in [1.165, 1.54) is 6.07 Å². The van der Waals surface area contributed by atoms with Gasteiger partial charge in [0.2, 0.25) is 5.91 Å². The standard InChI is InChI=1S/C21H22FNO3/c1-14(16-9-5-6-10-19(16)22)11-20(24)23-12-17(18(13-23)21(25)26)15-7-3-2-4-8-15/h2-10,14,17-18H,11-13H2,1H3,(H,25,26). The van der Waals surface area contributed by atoms with Crippen LogP contribution in [-0.4, -0.2) is 35.0 Å². The molecule has 3 rings (SSSR count). The van der Waals surface area contributed by atoms with Gasteiger partial charge < -0.3 is 10.0 Å². The van der Waals surface area contributed by atoms with Crippen LogP contribution in [0.2, 0.25) is 0 Å². The summed E-state index contributed by atoms with van der Waals surface area (Å²) in [5, 5.41) is 9.55. The lowest BCUT2D eigenvalue weighted by Gasteiger charge is -2.19. The molecule has 4 nitrogen and oxygen atoms in total. The van der Waals surface area contributed by atoms with Crippen LogP contribution in [-0.2, 0) is 9.59 Å². The molecule has 0 bridgehead atoms. The van der Waals surface area contributed by atoms with Gasteiger partial charge in [-0.05, 0) is 23.1 Å². The van der Waals surface area contributed by atoms with Gasteiger partial charge in [0.05, 0.1) is 5.92 Å². The Balaban J connectivity index is 1.72. The summed E-state index contributed by atoms with van der Waals surface area (Å²) in [6.45, 7) is 2.39. The summed E-state index contributed by atoms with van der Waals surface area (Å²) in [5.41, 5.74) is 1.44. The first kappa shape index (κ1) is 18.1. The predicted octanol–water partition coefficient (Wildman–Crippen LogP) is 3.65. The van der Waals surface area contributed by atoms with Gasteiger partial charge in [-0.2, -0.15) is 0 Å². The molecule has 0 radical (unpaired) electrons. The first-order valence-corrected chi connectivity index (χ1v) is 8.77. The summed E-state index contributed by atoms with van der Waals surface area (Å²) in [6, 6.07) is 15.9. The molecule has 3 atom stereocenters. The highest BCUT2D eigenvalue weighted by atomic mass is 19.1. The minimum Gasteiger partial charge on any atom is -0.481 e. The first-order chi connectivity index (χ1) is 12.5. The lowest BCUT2D eigenvalue weighted by Crippen LogP contribution is -2.30. The van der Waals surface area contributed by atoms with Crippen molar-refractivity contribution in [2.24, 2.45) is 5.92 Å². The molecule has 26 heavy (non-hydrogen) atoms. The molecule has 136 valence electrons. The molecule has 0 aromatic heterocycles. The van der Waals surface area contributed by atoms with Crippen molar-refractivity contribution in [2.45, 2.75) is 25.2 Å². The van der Waals surface area contributed by atoms with E-state index in [1.54, 1.807) is 23.1 Å². The summed E-state index contributed by atoms with van der Waals surface area (Å²) >= 11 is 0. The second-order valence-electron chi connectivity index (χ2n) is 6.89. The summed E-state index contributed by atoms with van der Waals surface area (Å²) in [5.74, 6) is -2.45. The third kappa shape index (κ3) is 3.77. The van der Waals surface area contributed by atoms with E-state index in [1.807, 2.05) is 37.3 Å². The molecule has 1 heterocycles. The molecule has 0 saturated carbocycles. The Morgan fingerprint density at radius 3 is 2.42 bits per heavy atom. The van der Waals surface area contributed by atoms with Gasteiger partial charge in [-0.3, -0.25) is 9.59 Å². The third-order valence-electron chi connectivity index (χ3n) is 5.13. The lowest BCUT2D eigenvalue weighted by atomic mass is 9.89. The molecule has 1 amide bonds. The molecular weight excluding hydrogens is 333 g/mol. The fraction of sp³-hybridized carbons (Fsp3) is 0.333. The monoisotopic (exact) mass is 355 g/mol. The maximum Gasteiger partial charge on any atom is 0.308 e. The molecular formula is C21H22FNO3. The van der Waals surface area contributed by atoms with E-state index in [0.717, 1.165) is 5.56 Å². The van der Waals surface area contributed by atoms with Gasteiger partial charge in [-0.25, -0.2) is 4.39 Å². The largest absolute Gasteiger partial charge is 0.481 e. The molecule has 2 aromatic rings. The van der Waals surface area contributed by atoms with E-state index in [2.05, 4.69) is 0 Å². The molecule has 1 saturated heterocycles. The van der Waals surface area contributed by atoms with Crippen LogP contribution in [0.25, 0.3) is 0 Å². The molecule has 1 fully saturated rings. The van der Waals surface area contributed by atoms with Gasteiger partial charge in [-0.1, -0.05) is 55.5 Å². The minimum atomic E-state index is -0.892. The number of likely N-dealkylation sites (tertiary alicyclic amines) is 1. The highest BCUT2D eigenvalue weighted by Crippen LogP contribution is 2.34. The highest BCUT2D eigenvalue weighted by Gasteiger charge is 2.40. The molecule has 3 unspecified atom stereocenters. The number of carboxylic acid groups (broad SMARTS) is 1. The molecule has 0 spiro atoms. The van der Waals surface area contributed by atoms with Gasteiger partial charge in [-0.15, -0.1) is 0 Å². The number of amides is 1. The Morgan fingerprint density at radius 1 is 1.12 bits per heavy atom. The summed E-state index contributed by atoms with van der Waals surface area (Å²) < 4.78 is 13.9. The number of hydrogen-bond acceptors (Lipinski definition) is 2. The Morgan fingerprint density at radius 2 is 1.77 bits per heavy atom. The molecule has 2 aromatic carbocycles. The van der Waals surface area contributed by atoms with Crippen LogP contribution in [0.3, 0.4) is 0 Å². The molecule has 1 aliphatic heterocycles. The number of hydrogen-bond donors (Lipinski definition) is 1. The van der Waals surface area contributed by atoms with Crippen LogP contribution in [0.1, 0.15) is 36.3 Å². The van der Waals surface area contributed by atoms with Gasteiger partial charge in [0.15, 0.2) is 0 Å². The summed E-state index contributed by atoms with van der Waals surface area (Å²) in [6.07, 6.45) is 0.161. The van der Waals surface area contributed by atoms with Gasteiger partial charge in [0.25, 0.3) is 0 Å². The lowest BCUT2D eigenvalue weighted by molar-refractivity contribution is -0.141. The van der Waals surface area contributed by atoms with Crippen molar-refractivity contribution in [2.75, 3.05) is 13.1 Å². The average molecular weight is 355 g/mol. The summed E-state index contributed by atoms with van der Waals surface area (Å²) in [4.78, 5) is 26.0. The summed E-state index contributed by atoms with van der Waals surface area (Å²) in [7, 11) is 0. The Bertz CT molecular complexity index is 793. The number of nitrogens with zero attached hydrogens (tertiary/aromatic N) is 1. The number of aliphatic carboxylic acids is 1. The van der Waals surface area contributed by atoms with Crippen molar-refractivity contribution < 1.29 is 19.1 Å². The van der Waals surface area contributed by atoms with E-state index in [-0.39, 0.29) is 36.5 Å². The van der Waals surface area contributed by atoms with Crippen molar-refractivity contribution >= 4 is 11.9 Å². The average Bonchev–Trinajstić information content (AvgIpc) is 3.08. The number of halogens is 1. The molecule has 5 heteroatoms. The normalized spacial score (nSPS) is 20.8. The fourth-order valence-electron chi connectivity index (χ4n) is 3.67. The Labute approximate surface area is 152 Å². The van der Waals surface area contributed by atoms with Crippen LogP contribution in [0, 0.1) is 11.7 Å². The number of carbonyl (C=O) groups excluding carboxylic acids is 1. The predicted molar refractivity (Wildman–Crippen MR) is 96.3 cm³/mol. The topological polar surface area (TPSA) is 57.6 Å². The van der Waals surface area contributed by atoms with Crippen molar-refractivity contribution in [1.29, 1.82) is 0 Å².